The number of nitrogens with zero attached hydrogens (tertiary/aromatic N) is 1. The molecule has 2 fully saturated rings. The Morgan fingerprint density at radius 1 is 1.33 bits per heavy atom. The zero-order valence-electron chi connectivity index (χ0n) is 12.4. The van der Waals surface area contributed by atoms with Gasteiger partial charge in [-0.2, -0.15) is 0 Å². The number of halogens is 1. The van der Waals surface area contributed by atoms with Crippen molar-refractivity contribution >= 4 is 17.5 Å². The molecule has 1 aromatic rings. The molecule has 2 saturated heterocycles. The first-order valence-electron chi connectivity index (χ1n) is 7.70. The second-order valence-corrected chi connectivity index (χ2v) is 6.62. The Morgan fingerprint density at radius 2 is 2.10 bits per heavy atom. The Labute approximate surface area is 131 Å². The Balaban J connectivity index is 1.71. The van der Waals surface area contributed by atoms with Crippen molar-refractivity contribution in [3.05, 3.63) is 35.9 Å². The van der Waals surface area contributed by atoms with Crippen LogP contribution in [0.1, 0.15) is 36.6 Å². The van der Waals surface area contributed by atoms with E-state index in [4.69, 9.17) is 16.3 Å². The smallest absolute Gasteiger partial charge is 0.223 e. The SMILES string of the molecule is COC[C@@H]1CCC2CC(C(Cl)c3ccccc3)CC(=O)N21. The van der Waals surface area contributed by atoms with Gasteiger partial charge in [0.05, 0.1) is 18.0 Å². The van der Waals surface area contributed by atoms with E-state index in [-0.39, 0.29) is 23.2 Å². The molecule has 114 valence electrons. The molecule has 2 aliphatic rings. The van der Waals surface area contributed by atoms with Crippen LogP contribution in [0.25, 0.3) is 0 Å². The highest BCUT2D eigenvalue weighted by Crippen LogP contribution is 2.42. The van der Waals surface area contributed by atoms with E-state index in [0.29, 0.717) is 19.1 Å². The second-order valence-electron chi connectivity index (χ2n) is 6.15. The minimum atomic E-state index is -0.0706. The summed E-state index contributed by atoms with van der Waals surface area (Å²) < 4.78 is 5.25. The van der Waals surface area contributed by atoms with Gasteiger partial charge in [0.1, 0.15) is 0 Å². The summed E-state index contributed by atoms with van der Waals surface area (Å²) in [5.74, 6) is 0.487. The van der Waals surface area contributed by atoms with Crippen LogP contribution < -0.4 is 0 Å². The first kappa shape index (κ1) is 14.9. The van der Waals surface area contributed by atoms with E-state index in [2.05, 4.69) is 17.0 Å². The van der Waals surface area contributed by atoms with Gasteiger partial charge in [-0.15, -0.1) is 11.6 Å². The Hall–Kier alpha value is -1.06. The van der Waals surface area contributed by atoms with E-state index >= 15 is 0 Å². The van der Waals surface area contributed by atoms with Gasteiger partial charge in [-0.25, -0.2) is 0 Å². The fourth-order valence-electron chi connectivity index (χ4n) is 3.85. The summed E-state index contributed by atoms with van der Waals surface area (Å²) in [6.07, 6.45) is 3.69. The Kier molecular flexibility index (Phi) is 4.51. The van der Waals surface area contributed by atoms with E-state index < -0.39 is 0 Å². The molecule has 0 aliphatic carbocycles. The third-order valence-corrected chi connectivity index (χ3v) is 5.42. The number of carbonyl (C=O) groups excluding carboxylic acids is 1. The largest absolute Gasteiger partial charge is 0.383 e. The average molecular weight is 308 g/mol. The molecule has 1 aromatic carbocycles. The molecule has 2 heterocycles. The van der Waals surface area contributed by atoms with Crippen molar-refractivity contribution in [2.24, 2.45) is 5.92 Å². The van der Waals surface area contributed by atoms with Crippen molar-refractivity contribution in [1.82, 2.24) is 4.90 Å². The van der Waals surface area contributed by atoms with Gasteiger partial charge >= 0.3 is 0 Å². The molecular weight excluding hydrogens is 286 g/mol. The predicted molar refractivity (Wildman–Crippen MR) is 83.3 cm³/mol. The highest BCUT2D eigenvalue weighted by molar-refractivity contribution is 6.21. The molecular formula is C17H22ClNO2. The zero-order valence-corrected chi connectivity index (χ0v) is 13.1. The Morgan fingerprint density at radius 3 is 2.81 bits per heavy atom. The van der Waals surface area contributed by atoms with Gasteiger partial charge in [0, 0.05) is 19.6 Å². The number of rotatable bonds is 4. The molecule has 2 aliphatic heterocycles. The van der Waals surface area contributed by atoms with E-state index in [0.717, 1.165) is 24.8 Å². The van der Waals surface area contributed by atoms with Gasteiger partial charge < -0.3 is 9.64 Å². The highest BCUT2D eigenvalue weighted by atomic mass is 35.5. The lowest BCUT2D eigenvalue weighted by molar-refractivity contribution is -0.140. The first-order chi connectivity index (χ1) is 10.2. The molecule has 21 heavy (non-hydrogen) atoms. The fraction of sp³-hybridized carbons (Fsp3) is 0.588. The van der Waals surface area contributed by atoms with Crippen molar-refractivity contribution < 1.29 is 9.53 Å². The summed E-state index contributed by atoms with van der Waals surface area (Å²) >= 11 is 6.64. The minimum absolute atomic E-state index is 0.0706. The number of fused-ring (bicyclic) bond motifs is 1. The molecule has 0 spiro atoms. The van der Waals surface area contributed by atoms with Gasteiger partial charge in [0.15, 0.2) is 0 Å². The molecule has 0 N–H and O–H groups in total. The van der Waals surface area contributed by atoms with Gasteiger partial charge in [-0.1, -0.05) is 30.3 Å². The molecule has 0 bridgehead atoms. The molecule has 3 unspecified atom stereocenters. The number of hydrogen-bond donors (Lipinski definition) is 0. The third kappa shape index (κ3) is 2.95. The van der Waals surface area contributed by atoms with Crippen LogP contribution in [0.4, 0.5) is 0 Å². The van der Waals surface area contributed by atoms with Crippen LogP contribution in [0.15, 0.2) is 30.3 Å². The summed E-state index contributed by atoms with van der Waals surface area (Å²) in [4.78, 5) is 14.6. The van der Waals surface area contributed by atoms with Crippen molar-refractivity contribution in [2.45, 2.75) is 43.1 Å². The van der Waals surface area contributed by atoms with E-state index in [1.54, 1.807) is 7.11 Å². The van der Waals surface area contributed by atoms with Crippen molar-refractivity contribution in [3.63, 3.8) is 0 Å². The number of ether oxygens (including phenoxy) is 1. The molecule has 4 atom stereocenters. The van der Waals surface area contributed by atoms with Crippen LogP contribution in [0.5, 0.6) is 0 Å². The third-order valence-electron chi connectivity index (χ3n) is 4.81. The standard InChI is InChI=1S/C17H22ClNO2/c1-21-11-15-8-7-14-9-13(10-16(20)19(14)15)17(18)12-5-3-2-4-6-12/h2-6,13-15,17H,7-11H2,1H3/t13?,14?,15-,17?/m0/s1. The summed E-state index contributed by atoms with van der Waals surface area (Å²) in [6.45, 7) is 0.649. The number of amides is 1. The zero-order chi connectivity index (χ0) is 14.8. The number of methoxy groups -OCH3 is 1. The fourth-order valence-corrected chi connectivity index (χ4v) is 4.19. The molecule has 0 radical (unpaired) electrons. The maximum Gasteiger partial charge on any atom is 0.223 e. The number of piperidine rings is 1. The number of alkyl halides is 1. The van der Waals surface area contributed by atoms with Gasteiger partial charge in [0.2, 0.25) is 5.91 Å². The first-order valence-corrected chi connectivity index (χ1v) is 8.13. The molecule has 0 aromatic heterocycles. The topological polar surface area (TPSA) is 29.5 Å². The number of benzene rings is 1. The quantitative estimate of drug-likeness (QED) is 0.798. The Bertz CT molecular complexity index is 493. The van der Waals surface area contributed by atoms with Crippen molar-refractivity contribution in [1.29, 1.82) is 0 Å². The van der Waals surface area contributed by atoms with Gasteiger partial charge in [-0.3, -0.25) is 4.79 Å². The van der Waals surface area contributed by atoms with Crippen LogP contribution >= 0.6 is 11.6 Å². The molecule has 1 amide bonds. The summed E-state index contributed by atoms with van der Waals surface area (Å²) in [7, 11) is 1.70. The van der Waals surface area contributed by atoms with Gasteiger partial charge in [-0.05, 0) is 30.7 Å². The average Bonchev–Trinajstić information content (AvgIpc) is 2.91. The van der Waals surface area contributed by atoms with Crippen molar-refractivity contribution in [2.75, 3.05) is 13.7 Å². The molecule has 4 heteroatoms. The monoisotopic (exact) mass is 307 g/mol. The lowest BCUT2D eigenvalue weighted by Crippen LogP contribution is -2.48. The predicted octanol–water partition coefficient (Wildman–Crippen LogP) is 3.38. The minimum Gasteiger partial charge on any atom is -0.383 e. The van der Waals surface area contributed by atoms with E-state index in [9.17, 15) is 4.79 Å². The molecule has 3 rings (SSSR count). The normalized spacial score (nSPS) is 30.3. The van der Waals surface area contributed by atoms with Crippen LogP contribution in [-0.4, -0.2) is 36.6 Å². The maximum absolute atomic E-state index is 12.5. The van der Waals surface area contributed by atoms with Crippen molar-refractivity contribution in [3.8, 4) is 0 Å². The number of hydrogen-bond acceptors (Lipinski definition) is 2. The number of carbonyl (C=O) groups is 1. The van der Waals surface area contributed by atoms with Crippen LogP contribution in [0, 0.1) is 5.92 Å². The van der Waals surface area contributed by atoms with Crippen LogP contribution in [0.2, 0.25) is 0 Å². The van der Waals surface area contributed by atoms with E-state index in [1.165, 1.54) is 0 Å². The molecule has 3 nitrogen and oxygen atoms in total. The second kappa shape index (κ2) is 6.37. The van der Waals surface area contributed by atoms with Crippen LogP contribution in [0.3, 0.4) is 0 Å². The van der Waals surface area contributed by atoms with Gasteiger partial charge in [0.25, 0.3) is 0 Å². The summed E-state index contributed by atoms with van der Waals surface area (Å²) in [5.41, 5.74) is 1.12. The summed E-state index contributed by atoms with van der Waals surface area (Å²) in [6, 6.07) is 10.7. The molecule has 0 saturated carbocycles. The lowest BCUT2D eigenvalue weighted by atomic mass is 9.85. The van der Waals surface area contributed by atoms with E-state index in [1.807, 2.05) is 18.2 Å². The maximum atomic E-state index is 12.5. The lowest BCUT2D eigenvalue weighted by Gasteiger charge is -2.39. The summed E-state index contributed by atoms with van der Waals surface area (Å²) in [5, 5.41) is -0.0706. The highest BCUT2D eigenvalue weighted by Gasteiger charge is 2.43. The van der Waals surface area contributed by atoms with Crippen LogP contribution in [-0.2, 0) is 9.53 Å².